The number of rotatable bonds is 1. The predicted octanol–water partition coefficient (Wildman–Crippen LogP) is 2.39. The zero-order valence-electron chi connectivity index (χ0n) is 6.07. The van der Waals surface area contributed by atoms with E-state index in [0.29, 0.717) is 16.6 Å². The lowest BCUT2D eigenvalue weighted by atomic mass is 10.3. The molecule has 0 saturated heterocycles. The van der Waals surface area contributed by atoms with Gasteiger partial charge < -0.3 is 4.42 Å². The van der Waals surface area contributed by atoms with Crippen molar-refractivity contribution < 1.29 is 4.42 Å². The third-order valence-electron chi connectivity index (χ3n) is 1.40. The topological polar surface area (TPSA) is 38.9 Å². The first-order valence-corrected chi connectivity index (χ1v) is 3.75. The summed E-state index contributed by atoms with van der Waals surface area (Å²) in [6, 6.07) is 5.33. The summed E-state index contributed by atoms with van der Waals surface area (Å²) in [6.45, 7) is 0. The second-order valence-electron chi connectivity index (χ2n) is 2.21. The predicted molar refractivity (Wildman–Crippen MR) is 44.7 cm³/mol. The average Bonchev–Trinajstić information content (AvgIpc) is 2.56. The normalized spacial score (nSPS) is 10.1. The SMILES string of the molecule is Clc1cccc(-c2cnco2)n1. The monoisotopic (exact) mass is 180 g/mol. The number of oxazole rings is 1. The molecule has 3 nitrogen and oxygen atoms in total. The molecule has 0 aliphatic heterocycles. The van der Waals surface area contributed by atoms with Crippen LogP contribution < -0.4 is 0 Å². The Morgan fingerprint density at radius 2 is 2.25 bits per heavy atom. The summed E-state index contributed by atoms with van der Waals surface area (Å²) in [5, 5.41) is 0.448. The largest absolute Gasteiger partial charge is 0.442 e. The highest BCUT2D eigenvalue weighted by Gasteiger charge is 2.01. The van der Waals surface area contributed by atoms with Crippen LogP contribution in [0.5, 0.6) is 0 Å². The first-order chi connectivity index (χ1) is 5.86. The van der Waals surface area contributed by atoms with E-state index in [1.54, 1.807) is 12.3 Å². The van der Waals surface area contributed by atoms with Crippen molar-refractivity contribution in [2.75, 3.05) is 0 Å². The summed E-state index contributed by atoms with van der Waals surface area (Å²) in [5.41, 5.74) is 0.694. The van der Waals surface area contributed by atoms with Crippen molar-refractivity contribution in [3.63, 3.8) is 0 Å². The van der Waals surface area contributed by atoms with Crippen molar-refractivity contribution in [3.8, 4) is 11.5 Å². The van der Waals surface area contributed by atoms with Gasteiger partial charge in [0.05, 0.1) is 6.20 Å². The second-order valence-corrected chi connectivity index (χ2v) is 2.60. The molecule has 0 unspecified atom stereocenters. The fraction of sp³-hybridized carbons (Fsp3) is 0. The zero-order valence-corrected chi connectivity index (χ0v) is 6.82. The fourth-order valence-corrected chi connectivity index (χ4v) is 1.05. The van der Waals surface area contributed by atoms with Crippen molar-refractivity contribution in [1.82, 2.24) is 9.97 Å². The van der Waals surface area contributed by atoms with Gasteiger partial charge in [0.15, 0.2) is 12.2 Å². The van der Waals surface area contributed by atoms with Gasteiger partial charge in [0.2, 0.25) is 0 Å². The third kappa shape index (κ3) is 1.31. The molecule has 2 aromatic rings. The van der Waals surface area contributed by atoms with E-state index in [4.69, 9.17) is 16.0 Å². The van der Waals surface area contributed by atoms with Crippen LogP contribution in [0.3, 0.4) is 0 Å². The molecule has 0 N–H and O–H groups in total. The van der Waals surface area contributed by atoms with E-state index in [-0.39, 0.29) is 0 Å². The Bertz CT molecular complexity index is 372. The lowest BCUT2D eigenvalue weighted by molar-refractivity contribution is 0.570. The highest BCUT2D eigenvalue weighted by Crippen LogP contribution is 2.17. The van der Waals surface area contributed by atoms with Crippen molar-refractivity contribution in [3.05, 3.63) is 35.9 Å². The number of nitrogens with zero attached hydrogens (tertiary/aromatic N) is 2. The molecule has 4 heteroatoms. The Labute approximate surface area is 74.0 Å². The van der Waals surface area contributed by atoms with E-state index in [9.17, 15) is 0 Å². The van der Waals surface area contributed by atoms with E-state index in [1.165, 1.54) is 6.39 Å². The third-order valence-corrected chi connectivity index (χ3v) is 1.61. The molecule has 2 rings (SSSR count). The van der Waals surface area contributed by atoms with E-state index in [2.05, 4.69) is 9.97 Å². The number of pyridine rings is 1. The van der Waals surface area contributed by atoms with Gasteiger partial charge in [-0.2, -0.15) is 0 Å². The van der Waals surface area contributed by atoms with Crippen LogP contribution in [0.15, 0.2) is 35.2 Å². The minimum absolute atomic E-state index is 0.448. The van der Waals surface area contributed by atoms with Crippen LogP contribution in [0.4, 0.5) is 0 Å². The Morgan fingerprint density at radius 1 is 1.33 bits per heavy atom. The van der Waals surface area contributed by atoms with E-state index in [0.717, 1.165) is 0 Å². The van der Waals surface area contributed by atoms with Gasteiger partial charge in [0, 0.05) is 0 Å². The second kappa shape index (κ2) is 2.95. The summed E-state index contributed by atoms with van der Waals surface area (Å²) >= 11 is 5.69. The van der Waals surface area contributed by atoms with Crippen molar-refractivity contribution in [2.45, 2.75) is 0 Å². The van der Waals surface area contributed by atoms with Gasteiger partial charge in [-0.3, -0.25) is 0 Å². The molecule has 0 aliphatic rings. The van der Waals surface area contributed by atoms with Crippen LogP contribution in [0.2, 0.25) is 5.15 Å². The highest BCUT2D eigenvalue weighted by atomic mass is 35.5. The molecule has 12 heavy (non-hydrogen) atoms. The fourth-order valence-electron chi connectivity index (χ4n) is 0.888. The van der Waals surface area contributed by atoms with Crippen molar-refractivity contribution >= 4 is 11.6 Å². The van der Waals surface area contributed by atoms with E-state index < -0.39 is 0 Å². The molecule has 0 bridgehead atoms. The summed E-state index contributed by atoms with van der Waals surface area (Å²) in [4.78, 5) is 7.83. The highest BCUT2D eigenvalue weighted by molar-refractivity contribution is 6.29. The van der Waals surface area contributed by atoms with E-state index in [1.807, 2.05) is 12.1 Å². The van der Waals surface area contributed by atoms with Gasteiger partial charge in [0.25, 0.3) is 0 Å². The molecule has 0 atom stereocenters. The number of hydrogen-bond donors (Lipinski definition) is 0. The summed E-state index contributed by atoms with van der Waals surface area (Å²) in [6.07, 6.45) is 2.95. The number of aromatic nitrogens is 2. The van der Waals surface area contributed by atoms with E-state index >= 15 is 0 Å². The van der Waals surface area contributed by atoms with Gasteiger partial charge in [-0.25, -0.2) is 9.97 Å². The van der Waals surface area contributed by atoms with Gasteiger partial charge in [-0.15, -0.1) is 0 Å². The van der Waals surface area contributed by atoms with Gasteiger partial charge >= 0.3 is 0 Å². The Kier molecular flexibility index (Phi) is 1.80. The molecule has 0 fully saturated rings. The molecule has 0 amide bonds. The molecule has 0 radical (unpaired) electrons. The van der Waals surface area contributed by atoms with Crippen LogP contribution in [0, 0.1) is 0 Å². The lowest BCUT2D eigenvalue weighted by Gasteiger charge is -1.93. The summed E-state index contributed by atoms with van der Waals surface area (Å²) in [5.74, 6) is 0.623. The smallest absolute Gasteiger partial charge is 0.181 e. The molecular weight excluding hydrogens is 176 g/mol. The first kappa shape index (κ1) is 7.31. The van der Waals surface area contributed by atoms with Crippen LogP contribution in [-0.4, -0.2) is 9.97 Å². The Morgan fingerprint density at radius 3 is 2.92 bits per heavy atom. The van der Waals surface area contributed by atoms with Crippen LogP contribution in [0.25, 0.3) is 11.5 Å². The maximum atomic E-state index is 5.69. The Balaban J connectivity index is 2.48. The molecule has 0 aliphatic carbocycles. The Hall–Kier alpha value is -1.35. The van der Waals surface area contributed by atoms with Crippen LogP contribution in [-0.2, 0) is 0 Å². The molecule has 2 aromatic heterocycles. The number of hydrogen-bond acceptors (Lipinski definition) is 3. The van der Waals surface area contributed by atoms with Gasteiger partial charge in [-0.1, -0.05) is 17.7 Å². The van der Waals surface area contributed by atoms with Crippen molar-refractivity contribution in [2.24, 2.45) is 0 Å². The van der Waals surface area contributed by atoms with Gasteiger partial charge in [0.1, 0.15) is 10.8 Å². The molecular formula is C8H5ClN2O. The summed E-state index contributed by atoms with van der Waals surface area (Å²) < 4.78 is 5.04. The maximum absolute atomic E-state index is 5.69. The number of halogens is 1. The standard InChI is InChI=1S/C8H5ClN2O/c9-8-3-1-2-6(11-8)7-4-10-5-12-7/h1-5H. The average molecular weight is 181 g/mol. The summed E-state index contributed by atoms with van der Waals surface area (Å²) in [7, 11) is 0. The van der Waals surface area contributed by atoms with Gasteiger partial charge in [-0.05, 0) is 12.1 Å². The minimum Gasteiger partial charge on any atom is -0.442 e. The minimum atomic E-state index is 0.448. The molecule has 60 valence electrons. The first-order valence-electron chi connectivity index (χ1n) is 3.38. The zero-order chi connectivity index (χ0) is 8.39. The van der Waals surface area contributed by atoms with Crippen LogP contribution >= 0.6 is 11.6 Å². The molecule has 2 heterocycles. The molecule has 0 aromatic carbocycles. The quantitative estimate of drug-likeness (QED) is 0.633. The van der Waals surface area contributed by atoms with Crippen molar-refractivity contribution in [1.29, 1.82) is 0 Å². The molecule has 0 saturated carbocycles. The molecule has 0 spiro atoms. The maximum Gasteiger partial charge on any atom is 0.181 e. The lowest BCUT2D eigenvalue weighted by Crippen LogP contribution is -1.79. The van der Waals surface area contributed by atoms with Crippen LogP contribution in [0.1, 0.15) is 0 Å².